The van der Waals surface area contributed by atoms with Crippen LogP contribution in [0.25, 0.3) is 0 Å². The molecule has 80 valence electrons. The Kier molecular flexibility index (Phi) is 5.57. The second-order valence-corrected chi connectivity index (χ2v) is 4.79. The van der Waals surface area contributed by atoms with Crippen LogP contribution in [0, 0.1) is 5.41 Å². The molecule has 0 amide bonds. The van der Waals surface area contributed by atoms with Gasteiger partial charge in [0.25, 0.3) is 0 Å². The Hall–Kier alpha value is -0.0800. The molecule has 0 aromatic carbocycles. The van der Waals surface area contributed by atoms with E-state index in [4.69, 9.17) is 5.73 Å². The van der Waals surface area contributed by atoms with Gasteiger partial charge in [0.05, 0.1) is 0 Å². The summed E-state index contributed by atoms with van der Waals surface area (Å²) in [6.45, 7) is 14.4. The summed E-state index contributed by atoms with van der Waals surface area (Å²) < 4.78 is 0. The van der Waals surface area contributed by atoms with Crippen molar-refractivity contribution in [2.45, 2.75) is 47.1 Å². The van der Waals surface area contributed by atoms with Gasteiger partial charge < -0.3 is 10.6 Å². The summed E-state index contributed by atoms with van der Waals surface area (Å²) in [5.74, 6) is 0. The first kappa shape index (κ1) is 12.9. The molecule has 0 saturated heterocycles. The van der Waals surface area contributed by atoms with Gasteiger partial charge in [0.15, 0.2) is 0 Å². The molecule has 0 rings (SSSR count). The van der Waals surface area contributed by atoms with Gasteiger partial charge in [-0.25, -0.2) is 0 Å². The molecule has 1 atom stereocenters. The van der Waals surface area contributed by atoms with E-state index in [0.717, 1.165) is 26.1 Å². The first-order valence-electron chi connectivity index (χ1n) is 5.39. The van der Waals surface area contributed by atoms with Crippen LogP contribution in [0.4, 0.5) is 0 Å². The zero-order valence-corrected chi connectivity index (χ0v) is 9.93. The van der Waals surface area contributed by atoms with Crippen molar-refractivity contribution in [1.29, 1.82) is 0 Å². The molecule has 0 spiro atoms. The number of nitrogens with zero attached hydrogens (tertiary/aromatic N) is 1. The molecule has 0 aliphatic carbocycles. The van der Waals surface area contributed by atoms with Crippen LogP contribution in [-0.4, -0.2) is 30.6 Å². The molecule has 0 bridgehead atoms. The third-order valence-corrected chi connectivity index (χ3v) is 2.76. The fourth-order valence-electron chi connectivity index (χ4n) is 1.29. The van der Waals surface area contributed by atoms with Gasteiger partial charge in [0, 0.05) is 6.04 Å². The highest BCUT2D eigenvalue weighted by Gasteiger charge is 2.20. The monoisotopic (exact) mass is 186 g/mol. The predicted octanol–water partition coefficient (Wildman–Crippen LogP) is 2.09. The van der Waals surface area contributed by atoms with E-state index >= 15 is 0 Å². The van der Waals surface area contributed by atoms with Gasteiger partial charge in [0.2, 0.25) is 0 Å². The van der Waals surface area contributed by atoms with Gasteiger partial charge in [-0.2, -0.15) is 0 Å². The molecule has 0 aliphatic rings. The van der Waals surface area contributed by atoms with Crippen molar-refractivity contribution in [3.63, 3.8) is 0 Å². The highest BCUT2D eigenvalue weighted by molar-refractivity contribution is 4.77. The molecule has 0 aliphatic heterocycles. The van der Waals surface area contributed by atoms with E-state index in [1.54, 1.807) is 0 Å². The summed E-state index contributed by atoms with van der Waals surface area (Å²) >= 11 is 0. The lowest BCUT2D eigenvalue weighted by molar-refractivity contribution is 0.242. The molecular formula is C11H26N2. The molecule has 0 heterocycles. The summed E-state index contributed by atoms with van der Waals surface area (Å²) in [7, 11) is 0. The van der Waals surface area contributed by atoms with Crippen molar-refractivity contribution in [3.05, 3.63) is 0 Å². The Morgan fingerprint density at radius 2 is 1.62 bits per heavy atom. The van der Waals surface area contributed by atoms with E-state index < -0.39 is 0 Å². The summed E-state index contributed by atoms with van der Waals surface area (Å²) in [6.07, 6.45) is 1.10. The standard InChI is InChI=1S/C11H26N2/c1-6-13(7-2)9-8-10(12)11(3,4)5/h10H,6-9,12H2,1-5H3. The maximum atomic E-state index is 6.08. The molecule has 0 fully saturated rings. The van der Waals surface area contributed by atoms with E-state index in [1.807, 2.05) is 0 Å². The number of rotatable bonds is 5. The van der Waals surface area contributed by atoms with Crippen LogP contribution in [0.2, 0.25) is 0 Å². The van der Waals surface area contributed by atoms with E-state index in [9.17, 15) is 0 Å². The van der Waals surface area contributed by atoms with Crippen LogP contribution in [-0.2, 0) is 0 Å². The Morgan fingerprint density at radius 1 is 1.15 bits per heavy atom. The van der Waals surface area contributed by atoms with Crippen LogP contribution in [0.1, 0.15) is 41.0 Å². The largest absolute Gasteiger partial charge is 0.327 e. The first-order chi connectivity index (χ1) is 5.91. The summed E-state index contributed by atoms with van der Waals surface area (Å²) in [4.78, 5) is 2.42. The van der Waals surface area contributed by atoms with Crippen molar-refractivity contribution in [1.82, 2.24) is 4.90 Å². The number of nitrogens with two attached hydrogens (primary N) is 1. The maximum absolute atomic E-state index is 6.08. The average Bonchev–Trinajstić information content (AvgIpc) is 2.04. The lowest BCUT2D eigenvalue weighted by Crippen LogP contribution is -2.38. The average molecular weight is 186 g/mol. The van der Waals surface area contributed by atoms with Crippen LogP contribution >= 0.6 is 0 Å². The Morgan fingerprint density at radius 3 is 1.92 bits per heavy atom. The molecule has 1 unspecified atom stereocenters. The van der Waals surface area contributed by atoms with Gasteiger partial charge in [-0.3, -0.25) is 0 Å². The predicted molar refractivity (Wildman–Crippen MR) is 59.8 cm³/mol. The lowest BCUT2D eigenvalue weighted by atomic mass is 9.85. The zero-order valence-electron chi connectivity index (χ0n) is 9.93. The molecule has 2 N–H and O–H groups in total. The van der Waals surface area contributed by atoms with Crippen LogP contribution in [0.3, 0.4) is 0 Å². The molecule has 0 aromatic rings. The summed E-state index contributed by atoms with van der Waals surface area (Å²) in [6, 6.07) is 0.313. The minimum Gasteiger partial charge on any atom is -0.327 e. The molecule has 2 nitrogen and oxygen atoms in total. The zero-order chi connectivity index (χ0) is 10.5. The van der Waals surface area contributed by atoms with Crippen molar-refractivity contribution in [3.8, 4) is 0 Å². The minimum absolute atomic E-state index is 0.243. The molecule has 0 saturated carbocycles. The van der Waals surface area contributed by atoms with Crippen molar-refractivity contribution in [2.24, 2.45) is 11.1 Å². The highest BCUT2D eigenvalue weighted by atomic mass is 15.1. The highest BCUT2D eigenvalue weighted by Crippen LogP contribution is 2.19. The molecular weight excluding hydrogens is 160 g/mol. The molecule has 13 heavy (non-hydrogen) atoms. The van der Waals surface area contributed by atoms with E-state index in [-0.39, 0.29) is 5.41 Å². The normalized spacial score (nSPS) is 15.0. The van der Waals surface area contributed by atoms with Crippen molar-refractivity contribution in [2.75, 3.05) is 19.6 Å². The molecule has 2 heteroatoms. The van der Waals surface area contributed by atoms with Crippen LogP contribution in [0.15, 0.2) is 0 Å². The quantitative estimate of drug-likeness (QED) is 0.712. The summed E-state index contributed by atoms with van der Waals surface area (Å²) in [5, 5.41) is 0. The van der Waals surface area contributed by atoms with Gasteiger partial charge in [-0.15, -0.1) is 0 Å². The summed E-state index contributed by atoms with van der Waals surface area (Å²) in [5.41, 5.74) is 6.32. The van der Waals surface area contributed by atoms with Gasteiger partial charge in [-0.1, -0.05) is 34.6 Å². The first-order valence-corrected chi connectivity index (χ1v) is 5.39. The van der Waals surface area contributed by atoms with Crippen molar-refractivity contribution >= 4 is 0 Å². The topological polar surface area (TPSA) is 29.3 Å². The second-order valence-electron chi connectivity index (χ2n) is 4.79. The van der Waals surface area contributed by atoms with Gasteiger partial charge in [-0.05, 0) is 31.5 Å². The van der Waals surface area contributed by atoms with E-state index in [0.29, 0.717) is 6.04 Å². The lowest BCUT2D eigenvalue weighted by Gasteiger charge is -2.29. The van der Waals surface area contributed by atoms with Crippen LogP contribution in [0.5, 0.6) is 0 Å². The second kappa shape index (κ2) is 5.61. The Balaban J connectivity index is 3.75. The Bertz CT molecular complexity index is 123. The van der Waals surface area contributed by atoms with Gasteiger partial charge in [0.1, 0.15) is 0 Å². The number of hydrogen-bond donors (Lipinski definition) is 1. The third kappa shape index (κ3) is 5.27. The minimum atomic E-state index is 0.243. The van der Waals surface area contributed by atoms with Crippen molar-refractivity contribution < 1.29 is 0 Å². The molecule has 0 radical (unpaired) electrons. The smallest absolute Gasteiger partial charge is 0.00998 e. The van der Waals surface area contributed by atoms with Crippen LogP contribution < -0.4 is 5.73 Å². The molecule has 0 aromatic heterocycles. The van der Waals surface area contributed by atoms with Gasteiger partial charge >= 0.3 is 0 Å². The maximum Gasteiger partial charge on any atom is 0.00998 e. The third-order valence-electron chi connectivity index (χ3n) is 2.76. The fraction of sp³-hybridized carbons (Fsp3) is 1.00. The Labute approximate surface area is 83.5 Å². The van der Waals surface area contributed by atoms with E-state index in [2.05, 4.69) is 39.5 Å². The van der Waals surface area contributed by atoms with E-state index in [1.165, 1.54) is 0 Å². The SMILES string of the molecule is CCN(CC)CCC(N)C(C)(C)C. The fourth-order valence-corrected chi connectivity index (χ4v) is 1.29. The number of hydrogen-bond acceptors (Lipinski definition) is 2.